The summed E-state index contributed by atoms with van der Waals surface area (Å²) < 4.78 is 21.5. The predicted molar refractivity (Wildman–Crippen MR) is 164 cm³/mol. The molecule has 0 spiro atoms. The van der Waals surface area contributed by atoms with Crippen LogP contribution in [-0.2, 0) is 13.0 Å². The lowest BCUT2D eigenvalue weighted by Gasteiger charge is -2.11. The van der Waals surface area contributed by atoms with E-state index in [0.29, 0.717) is 11.7 Å². The fraction of sp³-hybridized carbons (Fsp3) is 0.147. The molecule has 6 aromatic rings. The van der Waals surface area contributed by atoms with Crippen molar-refractivity contribution in [3.05, 3.63) is 126 Å². The van der Waals surface area contributed by atoms with Crippen molar-refractivity contribution < 1.29 is 9.13 Å². The molecule has 3 aromatic carbocycles. The van der Waals surface area contributed by atoms with Gasteiger partial charge < -0.3 is 15.0 Å². The molecule has 210 valence electrons. The Kier molecular flexibility index (Phi) is 7.87. The van der Waals surface area contributed by atoms with Gasteiger partial charge in [0.1, 0.15) is 23.8 Å². The highest BCUT2D eigenvalue weighted by molar-refractivity contribution is 5.81. The molecular formula is C34H31FN6O. The number of anilines is 2. The number of hydrogen-bond donors (Lipinski definition) is 1. The first kappa shape index (κ1) is 27.1. The van der Waals surface area contributed by atoms with E-state index in [1.165, 1.54) is 17.7 Å². The monoisotopic (exact) mass is 558 g/mol. The number of benzene rings is 3. The van der Waals surface area contributed by atoms with E-state index in [4.69, 9.17) is 14.7 Å². The molecule has 1 N–H and O–H groups in total. The Labute approximate surface area is 244 Å². The van der Waals surface area contributed by atoms with E-state index >= 15 is 0 Å². The van der Waals surface area contributed by atoms with Crippen LogP contribution in [0.5, 0.6) is 5.75 Å². The third-order valence-electron chi connectivity index (χ3n) is 6.88. The minimum absolute atomic E-state index is 0.276. The summed E-state index contributed by atoms with van der Waals surface area (Å²) in [4.78, 5) is 16.5. The summed E-state index contributed by atoms with van der Waals surface area (Å²) in [5.74, 6) is 0.923. The molecule has 0 amide bonds. The smallest absolute Gasteiger partial charge is 0.227 e. The molecule has 0 radical (unpaired) electrons. The zero-order valence-electron chi connectivity index (χ0n) is 23.5. The Balaban J connectivity index is 1.28. The van der Waals surface area contributed by atoms with Crippen molar-refractivity contribution in [3.63, 3.8) is 0 Å². The Bertz CT molecular complexity index is 1820. The molecule has 0 aliphatic carbocycles. The summed E-state index contributed by atoms with van der Waals surface area (Å²) in [5, 5.41) is 3.37. The van der Waals surface area contributed by atoms with Crippen molar-refractivity contribution in [2.45, 2.75) is 13.0 Å². The molecule has 42 heavy (non-hydrogen) atoms. The van der Waals surface area contributed by atoms with Crippen LogP contribution < -0.4 is 10.1 Å². The van der Waals surface area contributed by atoms with Crippen molar-refractivity contribution in [1.29, 1.82) is 0 Å². The van der Waals surface area contributed by atoms with Crippen LogP contribution in [0, 0.1) is 5.82 Å². The third kappa shape index (κ3) is 6.29. The van der Waals surface area contributed by atoms with Gasteiger partial charge in [-0.25, -0.2) is 19.3 Å². The van der Waals surface area contributed by atoms with E-state index in [1.54, 1.807) is 12.3 Å². The summed E-state index contributed by atoms with van der Waals surface area (Å²) in [5.41, 5.74) is 7.11. The van der Waals surface area contributed by atoms with Crippen LogP contribution in [0.1, 0.15) is 11.1 Å². The van der Waals surface area contributed by atoms with E-state index in [1.807, 2.05) is 77.3 Å². The second-order valence-electron chi connectivity index (χ2n) is 10.3. The molecule has 7 nitrogen and oxygen atoms in total. The lowest BCUT2D eigenvalue weighted by atomic mass is 10.1. The van der Waals surface area contributed by atoms with Crippen LogP contribution in [0.25, 0.3) is 28.3 Å². The molecule has 0 atom stereocenters. The van der Waals surface area contributed by atoms with Gasteiger partial charge >= 0.3 is 0 Å². The zero-order valence-corrected chi connectivity index (χ0v) is 23.5. The van der Waals surface area contributed by atoms with Gasteiger partial charge in [0.05, 0.1) is 17.1 Å². The fourth-order valence-corrected chi connectivity index (χ4v) is 4.78. The van der Waals surface area contributed by atoms with Crippen LogP contribution in [0.3, 0.4) is 0 Å². The van der Waals surface area contributed by atoms with E-state index in [0.717, 1.165) is 52.5 Å². The molecule has 0 bridgehead atoms. The van der Waals surface area contributed by atoms with Gasteiger partial charge in [0.2, 0.25) is 5.95 Å². The molecule has 0 aliphatic rings. The lowest BCUT2D eigenvalue weighted by Crippen LogP contribution is -2.15. The number of nitrogens with zero attached hydrogens (tertiary/aromatic N) is 5. The molecular weight excluding hydrogens is 527 g/mol. The number of rotatable bonds is 10. The van der Waals surface area contributed by atoms with E-state index in [-0.39, 0.29) is 12.4 Å². The Morgan fingerprint density at radius 3 is 2.52 bits per heavy atom. The number of imidazole rings is 1. The molecule has 0 saturated carbocycles. The van der Waals surface area contributed by atoms with Crippen LogP contribution in [0.15, 0.2) is 109 Å². The predicted octanol–water partition coefficient (Wildman–Crippen LogP) is 7.02. The van der Waals surface area contributed by atoms with Crippen molar-refractivity contribution in [1.82, 2.24) is 24.3 Å². The molecule has 0 saturated heterocycles. The SMILES string of the molecule is CN(C)CCc1cccc(Nc2nccc(-c3c(-c4ccc(OCc5cccc(F)c5)cc4)nc4ccccn34)n2)c1. The normalized spacial score (nSPS) is 11.2. The van der Waals surface area contributed by atoms with Gasteiger partial charge in [0, 0.05) is 30.2 Å². The van der Waals surface area contributed by atoms with Crippen molar-refractivity contribution >= 4 is 17.3 Å². The van der Waals surface area contributed by atoms with Crippen molar-refractivity contribution in [3.8, 4) is 28.4 Å². The molecule has 3 heterocycles. The van der Waals surface area contributed by atoms with E-state index in [2.05, 4.69) is 41.4 Å². The lowest BCUT2D eigenvalue weighted by molar-refractivity contribution is 0.305. The van der Waals surface area contributed by atoms with Crippen molar-refractivity contribution in [2.75, 3.05) is 26.0 Å². The maximum absolute atomic E-state index is 13.5. The second-order valence-corrected chi connectivity index (χ2v) is 10.3. The first-order valence-electron chi connectivity index (χ1n) is 13.8. The van der Waals surface area contributed by atoms with Crippen LogP contribution >= 0.6 is 0 Å². The number of pyridine rings is 1. The van der Waals surface area contributed by atoms with Gasteiger partial charge in [-0.2, -0.15) is 0 Å². The highest BCUT2D eigenvalue weighted by Crippen LogP contribution is 2.33. The van der Waals surface area contributed by atoms with Crippen molar-refractivity contribution in [2.24, 2.45) is 0 Å². The van der Waals surface area contributed by atoms with Gasteiger partial charge in [0.25, 0.3) is 0 Å². The number of nitrogens with one attached hydrogen (secondary N) is 1. The molecule has 6 rings (SSSR count). The van der Waals surface area contributed by atoms with Crippen LogP contribution in [0.2, 0.25) is 0 Å². The first-order valence-corrected chi connectivity index (χ1v) is 13.8. The zero-order chi connectivity index (χ0) is 28.9. The second kappa shape index (κ2) is 12.2. The summed E-state index contributed by atoms with van der Waals surface area (Å²) in [6.07, 6.45) is 4.71. The van der Waals surface area contributed by atoms with Gasteiger partial charge in [-0.05, 0) is 98.4 Å². The summed E-state index contributed by atoms with van der Waals surface area (Å²) in [6.45, 7) is 1.26. The number of ether oxygens (including phenoxy) is 1. The van der Waals surface area contributed by atoms with E-state index < -0.39 is 0 Å². The number of aromatic nitrogens is 4. The summed E-state index contributed by atoms with van der Waals surface area (Å²) in [6, 6.07) is 30.3. The fourth-order valence-electron chi connectivity index (χ4n) is 4.78. The average Bonchev–Trinajstić information content (AvgIpc) is 3.39. The summed E-state index contributed by atoms with van der Waals surface area (Å²) in [7, 11) is 4.15. The maximum atomic E-state index is 13.5. The largest absolute Gasteiger partial charge is 0.489 e. The van der Waals surface area contributed by atoms with E-state index in [9.17, 15) is 4.39 Å². The topological polar surface area (TPSA) is 67.6 Å². The number of likely N-dealkylation sites (N-methyl/N-ethyl adjacent to an activating group) is 1. The third-order valence-corrected chi connectivity index (χ3v) is 6.88. The standard InChI is InChI=1S/C34H31FN6O/c1-40(2)20-17-24-7-6-10-28(22-24)37-34-36-18-16-30(38-34)33-32(39-31-11-3-4-19-41(31)33)26-12-14-29(15-13-26)42-23-25-8-5-9-27(35)21-25/h3-16,18-19,21-22H,17,20,23H2,1-2H3,(H,36,37,38). The molecule has 3 aromatic heterocycles. The number of halogens is 1. The molecule has 0 aliphatic heterocycles. The van der Waals surface area contributed by atoms with Gasteiger partial charge in [0.15, 0.2) is 0 Å². The molecule has 0 fully saturated rings. The summed E-state index contributed by atoms with van der Waals surface area (Å²) >= 11 is 0. The van der Waals surface area contributed by atoms with Gasteiger partial charge in [-0.1, -0.05) is 30.3 Å². The highest BCUT2D eigenvalue weighted by atomic mass is 19.1. The maximum Gasteiger partial charge on any atom is 0.227 e. The Morgan fingerprint density at radius 2 is 1.69 bits per heavy atom. The average molecular weight is 559 g/mol. The van der Waals surface area contributed by atoms with Crippen LogP contribution in [0.4, 0.5) is 16.0 Å². The molecule has 0 unspecified atom stereocenters. The first-order chi connectivity index (χ1) is 20.5. The minimum atomic E-state index is -0.276. The van der Waals surface area contributed by atoms with Crippen LogP contribution in [-0.4, -0.2) is 44.9 Å². The Hall–Kier alpha value is -5.08. The quantitative estimate of drug-likeness (QED) is 0.195. The minimum Gasteiger partial charge on any atom is -0.489 e. The van der Waals surface area contributed by atoms with Gasteiger partial charge in [-0.3, -0.25) is 4.40 Å². The highest BCUT2D eigenvalue weighted by Gasteiger charge is 2.18. The number of hydrogen-bond acceptors (Lipinski definition) is 6. The molecule has 8 heteroatoms. The Morgan fingerprint density at radius 1 is 0.857 bits per heavy atom. The number of fused-ring (bicyclic) bond motifs is 1. The van der Waals surface area contributed by atoms with Gasteiger partial charge in [-0.15, -0.1) is 0 Å².